The predicted molar refractivity (Wildman–Crippen MR) is 75.8 cm³/mol. The Bertz CT molecular complexity index is 670. The summed E-state index contributed by atoms with van der Waals surface area (Å²) in [6, 6.07) is 5.62. The van der Waals surface area contributed by atoms with Gasteiger partial charge in [-0.3, -0.25) is 4.79 Å². The smallest absolute Gasteiger partial charge is 0.241 e. The Balaban J connectivity index is 2.93. The highest BCUT2D eigenvalue weighted by molar-refractivity contribution is 7.89. The van der Waals surface area contributed by atoms with Gasteiger partial charge in [0.05, 0.1) is 22.0 Å². The molecule has 0 atom stereocenters. The third-order valence-corrected chi connectivity index (χ3v) is 4.34. The largest absolute Gasteiger partial charge is 0.298 e. The Morgan fingerprint density at radius 3 is 2.45 bits per heavy atom. The van der Waals surface area contributed by atoms with Gasteiger partial charge in [-0.15, -0.1) is 0 Å². The van der Waals surface area contributed by atoms with Crippen molar-refractivity contribution >= 4 is 27.4 Å². The molecule has 0 amide bonds. The molecule has 0 saturated carbocycles. The highest BCUT2D eigenvalue weighted by Crippen LogP contribution is 2.20. The van der Waals surface area contributed by atoms with Gasteiger partial charge in [0.15, 0.2) is 5.78 Å². The summed E-state index contributed by atoms with van der Waals surface area (Å²) in [7, 11) is -3.83. The Hall–Kier alpha value is -1.42. The Morgan fingerprint density at radius 1 is 1.40 bits per heavy atom. The highest BCUT2D eigenvalue weighted by atomic mass is 35.5. The third kappa shape index (κ3) is 4.04. The molecule has 0 bridgehead atoms. The number of rotatable bonds is 4. The molecule has 1 rings (SSSR count). The van der Waals surface area contributed by atoms with Crippen LogP contribution in [0.25, 0.3) is 0 Å². The second-order valence-corrected chi connectivity index (χ2v) is 7.43. The van der Waals surface area contributed by atoms with E-state index in [9.17, 15) is 13.2 Å². The average Bonchev–Trinajstić information content (AvgIpc) is 2.34. The molecular formula is C13H15ClN2O3S. The second kappa shape index (κ2) is 5.92. The van der Waals surface area contributed by atoms with Crippen LogP contribution in [0, 0.1) is 16.7 Å². The summed E-state index contributed by atoms with van der Waals surface area (Å²) in [5.74, 6) is -0.221. The fourth-order valence-corrected chi connectivity index (χ4v) is 2.56. The fraction of sp³-hybridized carbons (Fsp3) is 0.385. The van der Waals surface area contributed by atoms with Gasteiger partial charge in [-0.1, -0.05) is 32.4 Å². The molecule has 0 fully saturated rings. The first-order valence-corrected chi connectivity index (χ1v) is 7.66. The second-order valence-electron chi connectivity index (χ2n) is 5.25. The molecule has 0 spiro atoms. The summed E-state index contributed by atoms with van der Waals surface area (Å²) in [5.41, 5.74) is -0.429. The molecule has 1 aromatic carbocycles. The van der Waals surface area contributed by atoms with Crippen LogP contribution in [0.3, 0.4) is 0 Å². The highest BCUT2D eigenvalue weighted by Gasteiger charge is 2.24. The molecule has 20 heavy (non-hydrogen) atoms. The van der Waals surface area contributed by atoms with Crippen LogP contribution in [-0.2, 0) is 14.8 Å². The van der Waals surface area contributed by atoms with Crippen molar-refractivity contribution in [3.63, 3.8) is 0 Å². The van der Waals surface area contributed by atoms with Crippen molar-refractivity contribution in [3.05, 3.63) is 28.8 Å². The van der Waals surface area contributed by atoms with Crippen molar-refractivity contribution in [2.75, 3.05) is 6.54 Å². The zero-order valence-corrected chi connectivity index (χ0v) is 13.0. The molecule has 1 aromatic rings. The summed E-state index contributed by atoms with van der Waals surface area (Å²) >= 11 is 5.79. The van der Waals surface area contributed by atoms with Crippen LogP contribution in [0.2, 0.25) is 5.02 Å². The molecule has 5 nitrogen and oxygen atoms in total. The zero-order chi connectivity index (χ0) is 15.6. The molecule has 108 valence electrons. The Kier molecular flexibility index (Phi) is 4.92. The fourth-order valence-electron chi connectivity index (χ4n) is 1.26. The maximum atomic E-state index is 12.0. The van der Waals surface area contributed by atoms with Gasteiger partial charge in [0, 0.05) is 5.41 Å². The van der Waals surface area contributed by atoms with Crippen molar-refractivity contribution < 1.29 is 13.2 Å². The van der Waals surface area contributed by atoms with Gasteiger partial charge in [-0.05, 0) is 18.2 Å². The van der Waals surface area contributed by atoms with Crippen molar-refractivity contribution in [3.8, 4) is 6.07 Å². The number of nitrogens with one attached hydrogen (secondary N) is 1. The number of nitriles is 1. The molecule has 0 radical (unpaired) electrons. The lowest BCUT2D eigenvalue weighted by atomic mass is 9.91. The number of sulfonamides is 1. The number of carbonyl (C=O) groups is 1. The zero-order valence-electron chi connectivity index (χ0n) is 11.4. The quantitative estimate of drug-likeness (QED) is 0.922. The topological polar surface area (TPSA) is 87.0 Å². The normalized spacial score (nSPS) is 11.9. The molecule has 0 saturated heterocycles. The number of carbonyl (C=O) groups excluding carboxylic acids is 1. The van der Waals surface area contributed by atoms with Gasteiger partial charge >= 0.3 is 0 Å². The van der Waals surface area contributed by atoms with Crippen LogP contribution in [0.15, 0.2) is 23.1 Å². The average molecular weight is 315 g/mol. The van der Waals surface area contributed by atoms with Crippen LogP contribution >= 0.6 is 11.6 Å². The maximum Gasteiger partial charge on any atom is 0.241 e. The van der Waals surface area contributed by atoms with Gasteiger partial charge in [-0.25, -0.2) is 13.1 Å². The van der Waals surface area contributed by atoms with E-state index in [2.05, 4.69) is 4.72 Å². The van der Waals surface area contributed by atoms with E-state index in [0.717, 1.165) is 0 Å². The number of ketones is 1. The minimum absolute atomic E-state index is 0.0533. The third-order valence-electron chi connectivity index (χ3n) is 2.63. The molecule has 0 unspecified atom stereocenters. The van der Waals surface area contributed by atoms with E-state index in [1.54, 1.807) is 20.8 Å². The lowest BCUT2D eigenvalue weighted by molar-refractivity contribution is -0.125. The molecule has 0 aliphatic heterocycles. The molecule has 7 heteroatoms. The van der Waals surface area contributed by atoms with Crippen molar-refractivity contribution in [1.82, 2.24) is 4.72 Å². The molecule has 1 N–H and O–H groups in total. The molecule has 0 aliphatic rings. The lowest BCUT2D eigenvalue weighted by Crippen LogP contribution is -2.35. The van der Waals surface area contributed by atoms with E-state index in [4.69, 9.17) is 16.9 Å². The van der Waals surface area contributed by atoms with Crippen LogP contribution in [0.1, 0.15) is 26.3 Å². The lowest BCUT2D eigenvalue weighted by Gasteiger charge is -2.16. The summed E-state index contributed by atoms with van der Waals surface area (Å²) in [5, 5.41) is 8.79. The Morgan fingerprint density at radius 2 is 2.00 bits per heavy atom. The van der Waals surface area contributed by atoms with E-state index in [1.807, 2.05) is 6.07 Å². The SMILES string of the molecule is CC(C)(C)C(=O)CNS(=O)(=O)c1ccc(C#N)c(Cl)c1. The molecule has 0 aromatic heterocycles. The maximum absolute atomic E-state index is 12.0. The summed E-state index contributed by atoms with van der Waals surface area (Å²) in [6.45, 7) is 4.84. The number of nitrogens with zero attached hydrogens (tertiary/aromatic N) is 1. The number of halogens is 1. The van der Waals surface area contributed by atoms with Crippen LogP contribution in [0.5, 0.6) is 0 Å². The first-order valence-electron chi connectivity index (χ1n) is 5.80. The van der Waals surface area contributed by atoms with Crippen LogP contribution in [0.4, 0.5) is 0 Å². The van der Waals surface area contributed by atoms with E-state index in [1.165, 1.54) is 18.2 Å². The number of hydrogen-bond donors (Lipinski definition) is 1. The van der Waals surface area contributed by atoms with Crippen molar-refractivity contribution in [2.45, 2.75) is 25.7 Å². The van der Waals surface area contributed by atoms with Crippen molar-refractivity contribution in [1.29, 1.82) is 5.26 Å². The van der Waals surface area contributed by atoms with E-state index in [0.29, 0.717) is 0 Å². The van der Waals surface area contributed by atoms with Crippen molar-refractivity contribution in [2.24, 2.45) is 5.41 Å². The molecular weight excluding hydrogens is 300 g/mol. The van der Waals surface area contributed by atoms with Gasteiger partial charge in [0.1, 0.15) is 6.07 Å². The van der Waals surface area contributed by atoms with Gasteiger partial charge in [-0.2, -0.15) is 5.26 Å². The van der Waals surface area contributed by atoms with Gasteiger partial charge < -0.3 is 0 Å². The van der Waals surface area contributed by atoms with E-state index < -0.39 is 15.4 Å². The minimum Gasteiger partial charge on any atom is -0.298 e. The van der Waals surface area contributed by atoms with E-state index in [-0.39, 0.29) is 27.8 Å². The minimum atomic E-state index is -3.83. The summed E-state index contributed by atoms with van der Waals surface area (Å²) < 4.78 is 26.2. The number of benzene rings is 1. The van der Waals surface area contributed by atoms with Crippen LogP contribution < -0.4 is 4.72 Å². The van der Waals surface area contributed by atoms with Gasteiger partial charge in [0.25, 0.3) is 0 Å². The number of Topliss-reactive ketones (excluding diaryl/α,β-unsaturated/α-hetero) is 1. The molecule has 0 aliphatic carbocycles. The van der Waals surface area contributed by atoms with Crippen LogP contribution in [-0.4, -0.2) is 20.7 Å². The first kappa shape index (κ1) is 16.6. The monoisotopic (exact) mass is 314 g/mol. The van der Waals surface area contributed by atoms with Gasteiger partial charge in [0.2, 0.25) is 10.0 Å². The summed E-state index contributed by atoms with van der Waals surface area (Å²) in [4.78, 5) is 11.6. The summed E-state index contributed by atoms with van der Waals surface area (Å²) in [6.07, 6.45) is 0. The first-order chi connectivity index (χ1) is 9.08. The molecule has 0 heterocycles. The van der Waals surface area contributed by atoms with E-state index >= 15 is 0 Å². The standard InChI is InChI=1S/C13H15ClN2O3S/c1-13(2,3)12(17)8-16-20(18,19)10-5-4-9(7-15)11(14)6-10/h4-6,16H,8H2,1-3H3. The Labute approximate surface area is 123 Å². The predicted octanol–water partition coefficient (Wildman–Crippen LogP) is 2.11. The number of hydrogen-bond acceptors (Lipinski definition) is 4.